The van der Waals surface area contributed by atoms with E-state index in [-0.39, 0.29) is 0 Å². The number of hydrogen-bond acceptors (Lipinski definition) is 2. The topological polar surface area (TPSA) is 38.9 Å². The molecule has 0 radical (unpaired) electrons. The largest absolute Gasteiger partial charge is 0.327 e. The Bertz CT molecular complexity index is 254. The minimum Gasteiger partial charge on any atom is -0.327 e. The monoisotopic (exact) mass is 176 g/mol. The molecule has 0 amide bonds. The fraction of sp³-hybridized carbons (Fsp3) is 0.545. The molecule has 2 nitrogen and oxygen atoms in total. The van der Waals surface area contributed by atoms with E-state index in [4.69, 9.17) is 5.73 Å². The van der Waals surface area contributed by atoms with E-state index in [1.54, 1.807) is 0 Å². The lowest BCUT2D eigenvalue weighted by atomic mass is 10.0. The Morgan fingerprint density at radius 1 is 1.38 bits per heavy atom. The molecule has 1 saturated carbocycles. The van der Waals surface area contributed by atoms with Crippen LogP contribution in [0, 0.1) is 5.92 Å². The average Bonchev–Trinajstić information content (AvgIpc) is 2.90. The molecule has 1 aliphatic carbocycles. The Labute approximate surface area is 79.2 Å². The van der Waals surface area contributed by atoms with Crippen molar-refractivity contribution in [2.45, 2.75) is 31.7 Å². The molecule has 13 heavy (non-hydrogen) atoms. The molecule has 1 fully saturated rings. The molecule has 0 aromatic carbocycles. The number of nitrogens with zero attached hydrogens (tertiary/aromatic N) is 1. The molecule has 70 valence electrons. The van der Waals surface area contributed by atoms with Crippen molar-refractivity contribution in [2.24, 2.45) is 11.7 Å². The number of aromatic nitrogens is 1. The van der Waals surface area contributed by atoms with Crippen molar-refractivity contribution in [2.75, 3.05) is 0 Å². The van der Waals surface area contributed by atoms with Crippen molar-refractivity contribution in [3.8, 4) is 0 Å². The van der Waals surface area contributed by atoms with Gasteiger partial charge in [0.05, 0.1) is 0 Å². The van der Waals surface area contributed by atoms with E-state index in [0.717, 1.165) is 12.3 Å². The van der Waals surface area contributed by atoms with E-state index in [1.165, 1.54) is 24.8 Å². The third-order valence-corrected chi connectivity index (χ3v) is 2.58. The average molecular weight is 176 g/mol. The van der Waals surface area contributed by atoms with Crippen LogP contribution in [0.1, 0.15) is 24.8 Å². The molecule has 0 spiro atoms. The highest BCUT2D eigenvalue weighted by molar-refractivity contribution is 5.11. The summed E-state index contributed by atoms with van der Waals surface area (Å²) in [6, 6.07) is 4.44. The Morgan fingerprint density at radius 2 is 2.08 bits per heavy atom. The zero-order valence-corrected chi connectivity index (χ0v) is 7.82. The lowest BCUT2D eigenvalue weighted by Crippen LogP contribution is -2.23. The SMILES string of the molecule is NC(Cc1ccncc1)CC1CC1. The fourth-order valence-electron chi connectivity index (χ4n) is 1.69. The standard InChI is InChI=1S/C11H16N2/c12-11(7-9-1-2-9)8-10-3-5-13-6-4-10/h3-6,9,11H,1-2,7-8,12H2. The van der Waals surface area contributed by atoms with Crippen LogP contribution >= 0.6 is 0 Å². The van der Waals surface area contributed by atoms with Crippen LogP contribution in [-0.2, 0) is 6.42 Å². The number of rotatable bonds is 4. The van der Waals surface area contributed by atoms with Gasteiger partial charge in [-0.25, -0.2) is 0 Å². The number of nitrogens with two attached hydrogens (primary N) is 1. The maximum absolute atomic E-state index is 6.03. The minimum absolute atomic E-state index is 0.342. The van der Waals surface area contributed by atoms with Gasteiger partial charge < -0.3 is 5.73 Å². The van der Waals surface area contributed by atoms with Gasteiger partial charge in [-0.1, -0.05) is 12.8 Å². The third-order valence-electron chi connectivity index (χ3n) is 2.58. The maximum Gasteiger partial charge on any atom is 0.0270 e. The van der Waals surface area contributed by atoms with E-state index >= 15 is 0 Å². The zero-order valence-electron chi connectivity index (χ0n) is 7.82. The van der Waals surface area contributed by atoms with Crippen LogP contribution < -0.4 is 5.73 Å². The summed E-state index contributed by atoms with van der Waals surface area (Å²) < 4.78 is 0. The highest BCUT2D eigenvalue weighted by Gasteiger charge is 2.23. The Morgan fingerprint density at radius 3 is 2.69 bits per heavy atom. The first kappa shape index (κ1) is 8.70. The Hall–Kier alpha value is -0.890. The molecule has 2 rings (SSSR count). The van der Waals surface area contributed by atoms with Gasteiger partial charge in [0, 0.05) is 18.4 Å². The zero-order chi connectivity index (χ0) is 9.10. The van der Waals surface area contributed by atoms with E-state index < -0.39 is 0 Å². The summed E-state index contributed by atoms with van der Waals surface area (Å²) in [5.74, 6) is 0.928. The van der Waals surface area contributed by atoms with E-state index in [0.29, 0.717) is 6.04 Å². The summed E-state index contributed by atoms with van der Waals surface area (Å²) in [6.45, 7) is 0. The van der Waals surface area contributed by atoms with Crippen LogP contribution in [0.15, 0.2) is 24.5 Å². The van der Waals surface area contributed by atoms with Gasteiger partial charge in [-0.05, 0) is 36.5 Å². The lowest BCUT2D eigenvalue weighted by molar-refractivity contribution is 0.566. The van der Waals surface area contributed by atoms with Gasteiger partial charge in [0.15, 0.2) is 0 Å². The van der Waals surface area contributed by atoms with Gasteiger partial charge >= 0.3 is 0 Å². The first-order valence-electron chi connectivity index (χ1n) is 4.99. The van der Waals surface area contributed by atoms with Crippen LogP contribution in [-0.4, -0.2) is 11.0 Å². The summed E-state index contributed by atoms with van der Waals surface area (Å²) >= 11 is 0. The highest BCUT2D eigenvalue weighted by Crippen LogP contribution is 2.33. The molecular weight excluding hydrogens is 160 g/mol. The van der Waals surface area contributed by atoms with Crippen molar-refractivity contribution in [3.05, 3.63) is 30.1 Å². The van der Waals surface area contributed by atoms with Crippen LogP contribution in [0.3, 0.4) is 0 Å². The van der Waals surface area contributed by atoms with Crippen molar-refractivity contribution in [1.29, 1.82) is 0 Å². The number of hydrogen-bond donors (Lipinski definition) is 1. The predicted molar refractivity (Wildman–Crippen MR) is 53.3 cm³/mol. The van der Waals surface area contributed by atoms with Gasteiger partial charge in [-0.2, -0.15) is 0 Å². The molecule has 0 aliphatic heterocycles. The molecule has 1 heterocycles. The van der Waals surface area contributed by atoms with E-state index in [2.05, 4.69) is 4.98 Å². The molecule has 1 aliphatic rings. The third kappa shape index (κ3) is 2.81. The first-order chi connectivity index (χ1) is 6.34. The lowest BCUT2D eigenvalue weighted by Gasteiger charge is -2.09. The van der Waals surface area contributed by atoms with Crippen LogP contribution in [0.25, 0.3) is 0 Å². The second-order valence-electron chi connectivity index (χ2n) is 4.00. The summed E-state index contributed by atoms with van der Waals surface area (Å²) in [6.07, 6.45) is 8.65. The van der Waals surface area contributed by atoms with E-state index in [1.807, 2.05) is 24.5 Å². The molecule has 0 bridgehead atoms. The second kappa shape index (κ2) is 3.88. The molecule has 2 N–H and O–H groups in total. The van der Waals surface area contributed by atoms with Gasteiger partial charge in [0.1, 0.15) is 0 Å². The predicted octanol–water partition coefficient (Wildman–Crippen LogP) is 1.75. The molecule has 2 heteroatoms. The van der Waals surface area contributed by atoms with Gasteiger partial charge in [-0.15, -0.1) is 0 Å². The molecule has 1 aromatic rings. The summed E-state index contributed by atoms with van der Waals surface area (Å²) in [5.41, 5.74) is 7.33. The molecule has 1 unspecified atom stereocenters. The molecular formula is C11H16N2. The highest BCUT2D eigenvalue weighted by atomic mass is 14.6. The normalized spacial score (nSPS) is 18.5. The second-order valence-corrected chi connectivity index (χ2v) is 4.00. The van der Waals surface area contributed by atoms with Crippen LogP contribution in [0.2, 0.25) is 0 Å². The maximum atomic E-state index is 6.03. The van der Waals surface area contributed by atoms with Crippen LogP contribution in [0.5, 0.6) is 0 Å². The summed E-state index contributed by atoms with van der Waals surface area (Å²) in [4.78, 5) is 3.99. The van der Waals surface area contributed by atoms with Crippen molar-refractivity contribution in [3.63, 3.8) is 0 Å². The smallest absolute Gasteiger partial charge is 0.0270 e. The van der Waals surface area contributed by atoms with Gasteiger partial charge in [0.2, 0.25) is 0 Å². The molecule has 1 aromatic heterocycles. The van der Waals surface area contributed by atoms with Gasteiger partial charge in [-0.3, -0.25) is 4.98 Å². The van der Waals surface area contributed by atoms with Gasteiger partial charge in [0.25, 0.3) is 0 Å². The fourth-order valence-corrected chi connectivity index (χ4v) is 1.69. The van der Waals surface area contributed by atoms with E-state index in [9.17, 15) is 0 Å². The molecule has 1 atom stereocenters. The van der Waals surface area contributed by atoms with Crippen LogP contribution in [0.4, 0.5) is 0 Å². The molecule has 0 saturated heterocycles. The number of pyridine rings is 1. The van der Waals surface area contributed by atoms with Crippen molar-refractivity contribution < 1.29 is 0 Å². The van der Waals surface area contributed by atoms with Crippen molar-refractivity contribution >= 4 is 0 Å². The quantitative estimate of drug-likeness (QED) is 0.759. The van der Waals surface area contributed by atoms with Crippen molar-refractivity contribution in [1.82, 2.24) is 4.98 Å². The Balaban J connectivity index is 1.82. The minimum atomic E-state index is 0.342. The summed E-state index contributed by atoms with van der Waals surface area (Å²) in [7, 11) is 0. The Kier molecular flexibility index (Phi) is 2.60. The first-order valence-corrected chi connectivity index (χ1v) is 4.99. The summed E-state index contributed by atoms with van der Waals surface area (Å²) in [5, 5.41) is 0.